The average molecular weight is 240 g/mol. The molecule has 0 saturated heterocycles. The van der Waals surface area contributed by atoms with Crippen molar-refractivity contribution in [3.05, 3.63) is 6.33 Å². The first-order chi connectivity index (χ1) is 7.77. The van der Waals surface area contributed by atoms with Gasteiger partial charge in [-0.3, -0.25) is 0 Å². The Hall–Kier alpha value is -0.550. The van der Waals surface area contributed by atoms with Gasteiger partial charge in [-0.25, -0.2) is 0 Å². The zero-order valence-electron chi connectivity index (χ0n) is 9.80. The fourth-order valence-electron chi connectivity index (χ4n) is 2.14. The average Bonchev–Trinajstić information content (AvgIpc) is 2.64. The highest BCUT2D eigenvalue weighted by Gasteiger charge is 2.22. The summed E-state index contributed by atoms with van der Waals surface area (Å²) < 4.78 is 1.97. The number of hydrogen-bond donors (Lipinski definition) is 1. The third-order valence-corrected chi connectivity index (χ3v) is 4.65. The Labute approximate surface area is 101 Å². The Bertz CT molecular complexity index is 326. The molecule has 2 atom stereocenters. The summed E-state index contributed by atoms with van der Waals surface area (Å²) in [6.45, 7) is 0. The van der Waals surface area contributed by atoms with E-state index >= 15 is 0 Å². The van der Waals surface area contributed by atoms with Crippen LogP contribution in [0.2, 0.25) is 0 Å². The van der Waals surface area contributed by atoms with Crippen LogP contribution in [0.1, 0.15) is 38.5 Å². The van der Waals surface area contributed by atoms with Crippen molar-refractivity contribution < 1.29 is 0 Å². The number of aryl methyl sites for hydroxylation is 1. The van der Waals surface area contributed by atoms with Crippen LogP contribution in [-0.2, 0) is 7.05 Å². The van der Waals surface area contributed by atoms with Gasteiger partial charge in [0, 0.05) is 18.3 Å². The van der Waals surface area contributed by atoms with E-state index in [4.69, 9.17) is 5.73 Å². The lowest BCUT2D eigenvalue weighted by Gasteiger charge is -2.25. The van der Waals surface area contributed by atoms with E-state index in [1.807, 2.05) is 11.6 Å². The predicted molar refractivity (Wildman–Crippen MR) is 66.3 cm³/mol. The molecule has 1 saturated carbocycles. The Balaban J connectivity index is 1.98. The lowest BCUT2D eigenvalue weighted by Crippen LogP contribution is -2.33. The maximum atomic E-state index is 6.24. The smallest absolute Gasteiger partial charge is 0.191 e. The highest BCUT2D eigenvalue weighted by atomic mass is 32.2. The van der Waals surface area contributed by atoms with Crippen molar-refractivity contribution >= 4 is 11.8 Å². The Kier molecular flexibility index (Phi) is 4.23. The van der Waals surface area contributed by atoms with Gasteiger partial charge in [0.15, 0.2) is 5.16 Å². The molecule has 5 heteroatoms. The summed E-state index contributed by atoms with van der Waals surface area (Å²) in [5.41, 5.74) is 6.24. The van der Waals surface area contributed by atoms with E-state index in [-0.39, 0.29) is 0 Å². The molecule has 90 valence electrons. The minimum atomic E-state index is 0.307. The molecule has 2 N–H and O–H groups in total. The molecule has 1 aliphatic carbocycles. The van der Waals surface area contributed by atoms with Crippen molar-refractivity contribution in [1.29, 1.82) is 0 Å². The monoisotopic (exact) mass is 240 g/mol. The van der Waals surface area contributed by atoms with Gasteiger partial charge < -0.3 is 10.3 Å². The summed E-state index contributed by atoms with van der Waals surface area (Å²) in [6.07, 6.45) is 9.36. The van der Waals surface area contributed by atoms with E-state index in [9.17, 15) is 0 Å². The zero-order valence-corrected chi connectivity index (χ0v) is 10.6. The second-order valence-corrected chi connectivity index (χ2v) is 5.74. The lowest BCUT2D eigenvalue weighted by atomic mass is 9.97. The van der Waals surface area contributed by atoms with Crippen LogP contribution in [-0.4, -0.2) is 26.1 Å². The first-order valence-electron chi connectivity index (χ1n) is 6.03. The van der Waals surface area contributed by atoms with Crippen LogP contribution in [0, 0.1) is 0 Å². The van der Waals surface area contributed by atoms with Crippen LogP contribution in [0.5, 0.6) is 0 Å². The number of rotatable bonds is 2. The Morgan fingerprint density at radius 2 is 2.06 bits per heavy atom. The summed E-state index contributed by atoms with van der Waals surface area (Å²) in [6, 6.07) is 0.307. The maximum absolute atomic E-state index is 6.24. The summed E-state index contributed by atoms with van der Waals surface area (Å²) in [5.74, 6) is 0. The van der Waals surface area contributed by atoms with Crippen molar-refractivity contribution in [2.45, 2.75) is 55.0 Å². The standard InChI is InChI=1S/C11H20N4S/c1-15-8-13-14-11(15)16-10-7-5-3-2-4-6-9(10)12/h8-10H,2-7,12H2,1H3. The van der Waals surface area contributed by atoms with Crippen molar-refractivity contribution in [2.24, 2.45) is 12.8 Å². The first-order valence-corrected chi connectivity index (χ1v) is 6.91. The van der Waals surface area contributed by atoms with Crippen molar-refractivity contribution in [1.82, 2.24) is 14.8 Å². The van der Waals surface area contributed by atoms with Gasteiger partial charge in [-0.15, -0.1) is 10.2 Å². The van der Waals surface area contributed by atoms with Crippen molar-refractivity contribution in [3.63, 3.8) is 0 Å². The maximum Gasteiger partial charge on any atom is 0.191 e. The van der Waals surface area contributed by atoms with E-state index in [1.54, 1.807) is 18.1 Å². The van der Waals surface area contributed by atoms with E-state index in [0.717, 1.165) is 11.6 Å². The van der Waals surface area contributed by atoms with Crippen LogP contribution < -0.4 is 5.73 Å². The van der Waals surface area contributed by atoms with Gasteiger partial charge in [0.1, 0.15) is 6.33 Å². The third-order valence-electron chi connectivity index (χ3n) is 3.18. The first kappa shape index (κ1) is 11.9. The Morgan fingerprint density at radius 3 is 2.75 bits per heavy atom. The fraction of sp³-hybridized carbons (Fsp3) is 0.818. The number of aromatic nitrogens is 3. The Morgan fingerprint density at radius 1 is 1.31 bits per heavy atom. The van der Waals surface area contributed by atoms with Crippen LogP contribution >= 0.6 is 11.8 Å². The van der Waals surface area contributed by atoms with Gasteiger partial charge in [-0.2, -0.15) is 0 Å². The number of thioether (sulfide) groups is 1. The molecule has 16 heavy (non-hydrogen) atoms. The summed E-state index contributed by atoms with van der Waals surface area (Å²) in [7, 11) is 1.98. The zero-order chi connectivity index (χ0) is 11.4. The van der Waals surface area contributed by atoms with Crippen LogP contribution in [0.25, 0.3) is 0 Å². The van der Waals surface area contributed by atoms with Gasteiger partial charge >= 0.3 is 0 Å². The SMILES string of the molecule is Cn1cnnc1SC1CCCCCCC1N. The van der Waals surface area contributed by atoms with E-state index in [0.29, 0.717) is 11.3 Å². The van der Waals surface area contributed by atoms with E-state index < -0.39 is 0 Å². The number of nitrogens with zero attached hydrogens (tertiary/aromatic N) is 3. The predicted octanol–water partition coefficient (Wildman–Crippen LogP) is 1.96. The highest BCUT2D eigenvalue weighted by Crippen LogP contribution is 2.30. The van der Waals surface area contributed by atoms with Crippen LogP contribution in [0.15, 0.2) is 11.5 Å². The second-order valence-electron chi connectivity index (χ2n) is 4.54. The molecule has 4 nitrogen and oxygen atoms in total. The highest BCUT2D eigenvalue weighted by molar-refractivity contribution is 7.99. The number of hydrogen-bond acceptors (Lipinski definition) is 4. The molecule has 0 spiro atoms. The molecule has 1 heterocycles. The molecule has 2 unspecified atom stereocenters. The molecule has 1 aromatic rings. The van der Waals surface area contributed by atoms with Crippen LogP contribution in [0.4, 0.5) is 0 Å². The van der Waals surface area contributed by atoms with Crippen molar-refractivity contribution in [2.75, 3.05) is 0 Å². The van der Waals surface area contributed by atoms with Gasteiger partial charge in [-0.1, -0.05) is 37.4 Å². The molecule has 1 fully saturated rings. The lowest BCUT2D eigenvalue weighted by molar-refractivity contribution is 0.462. The summed E-state index contributed by atoms with van der Waals surface area (Å²) >= 11 is 1.79. The number of nitrogens with two attached hydrogens (primary N) is 1. The minimum absolute atomic E-state index is 0.307. The molecular formula is C11H20N4S. The molecule has 2 rings (SSSR count). The van der Waals surface area contributed by atoms with Crippen molar-refractivity contribution in [3.8, 4) is 0 Å². The molecule has 0 bridgehead atoms. The van der Waals surface area contributed by atoms with E-state index in [1.165, 1.54) is 32.1 Å². The minimum Gasteiger partial charge on any atom is -0.327 e. The summed E-state index contributed by atoms with van der Waals surface area (Å²) in [4.78, 5) is 0. The largest absolute Gasteiger partial charge is 0.327 e. The van der Waals surface area contributed by atoms with Gasteiger partial charge in [0.05, 0.1) is 0 Å². The fourth-order valence-corrected chi connectivity index (χ4v) is 3.31. The van der Waals surface area contributed by atoms with Gasteiger partial charge in [0.25, 0.3) is 0 Å². The van der Waals surface area contributed by atoms with Gasteiger partial charge in [-0.05, 0) is 12.8 Å². The third kappa shape index (κ3) is 2.98. The molecule has 0 aliphatic heterocycles. The van der Waals surface area contributed by atoms with E-state index in [2.05, 4.69) is 10.2 Å². The molecule has 0 aromatic carbocycles. The molecule has 1 aliphatic rings. The molecule has 0 radical (unpaired) electrons. The molecular weight excluding hydrogens is 220 g/mol. The molecule has 0 amide bonds. The topological polar surface area (TPSA) is 56.7 Å². The quantitative estimate of drug-likeness (QED) is 0.858. The second kappa shape index (κ2) is 5.68. The normalized spacial score (nSPS) is 27.4. The summed E-state index contributed by atoms with van der Waals surface area (Å²) in [5, 5.41) is 9.51. The molecule has 1 aromatic heterocycles. The van der Waals surface area contributed by atoms with Gasteiger partial charge in [0.2, 0.25) is 0 Å². The van der Waals surface area contributed by atoms with Crippen LogP contribution in [0.3, 0.4) is 0 Å².